The number of ether oxygens (including phenoxy) is 8. The molecule has 0 radical (unpaired) electrons. The van der Waals surface area contributed by atoms with Crippen LogP contribution in [-0.2, 0) is 37.9 Å². The van der Waals surface area contributed by atoms with Crippen LogP contribution in [0.15, 0.2) is 0 Å². The minimum Gasteiger partial charge on any atom is -0.394 e. The molecule has 0 aromatic rings. The topological polar surface area (TPSA) is 236 Å². The monoisotopic (exact) mass is 1620 g/mol. The lowest BCUT2D eigenvalue weighted by atomic mass is 9.84. The molecule has 7 rings (SSSR count). The molecule has 7 aliphatic rings. The Hall–Kier alpha value is -0.640. The molecule has 20 unspecified atom stereocenters. The van der Waals surface area contributed by atoms with E-state index in [1.54, 1.807) is 0 Å². The molecule has 3 saturated heterocycles. The van der Waals surface area contributed by atoms with Gasteiger partial charge in [-0.05, 0) is 195 Å². The van der Waals surface area contributed by atoms with Gasteiger partial charge < -0.3 is 78.7 Å². The summed E-state index contributed by atoms with van der Waals surface area (Å²) < 4.78 is 48.8. The Morgan fingerprint density at radius 1 is 0.272 bits per heavy atom. The molecule has 32 atom stereocenters. The number of aliphatic hydroxyl groups excluding tert-OH is 8. The van der Waals surface area contributed by atoms with E-state index in [0.717, 1.165) is 133 Å². The van der Waals surface area contributed by atoms with Crippen molar-refractivity contribution in [3.63, 3.8) is 0 Å². The van der Waals surface area contributed by atoms with Crippen LogP contribution in [0.3, 0.4) is 0 Å². The van der Waals surface area contributed by atoms with Crippen molar-refractivity contribution in [1.29, 1.82) is 0 Å². The fraction of sp³-hybridized carbons (Fsp3) is 1.00. The van der Waals surface area contributed by atoms with Crippen LogP contribution in [0.25, 0.3) is 0 Å². The minimum absolute atomic E-state index is 0.000746. The molecule has 8 bridgehead atoms. The van der Waals surface area contributed by atoms with Crippen LogP contribution < -0.4 is 0 Å². The van der Waals surface area contributed by atoms with E-state index >= 15 is 0 Å². The number of aliphatic hydroxyl groups is 8. The summed E-state index contributed by atoms with van der Waals surface area (Å²) in [5.41, 5.74) is 0. The maximum absolute atomic E-state index is 11.4. The molecule has 3 aliphatic heterocycles. The highest BCUT2D eigenvalue weighted by Crippen LogP contribution is 2.45. The van der Waals surface area contributed by atoms with Gasteiger partial charge in [-0.25, -0.2) is 0 Å². The Morgan fingerprint density at radius 3 is 0.930 bits per heavy atom. The first-order valence-corrected chi connectivity index (χ1v) is 49.1. The molecule has 4 saturated carbocycles. The Bertz CT molecular complexity index is 2370. The van der Waals surface area contributed by atoms with Gasteiger partial charge in [0.25, 0.3) is 0 Å². The van der Waals surface area contributed by atoms with Gasteiger partial charge in [0.1, 0.15) is 61.0 Å². The summed E-state index contributed by atoms with van der Waals surface area (Å²) in [4.78, 5) is 0. The number of hydrogen-bond donors (Lipinski definition) is 8. The molecule has 16 nitrogen and oxygen atoms in total. The number of rotatable bonds is 8. The van der Waals surface area contributed by atoms with Crippen LogP contribution in [-0.4, -0.2) is 181 Å². The lowest BCUT2D eigenvalue weighted by Gasteiger charge is -2.46. The van der Waals surface area contributed by atoms with Gasteiger partial charge in [0.2, 0.25) is 0 Å². The second-order valence-corrected chi connectivity index (χ2v) is 41.4. The van der Waals surface area contributed by atoms with Crippen LogP contribution in [0.4, 0.5) is 0 Å². The van der Waals surface area contributed by atoms with E-state index in [1.165, 1.54) is 250 Å². The second-order valence-electron chi connectivity index (χ2n) is 41.4. The molecule has 672 valence electrons. The second kappa shape index (κ2) is 56.3. The molecule has 0 aromatic carbocycles. The van der Waals surface area contributed by atoms with E-state index in [1.807, 2.05) is 0 Å². The van der Waals surface area contributed by atoms with Crippen molar-refractivity contribution in [2.75, 3.05) is 66.1 Å². The smallest absolute Gasteiger partial charge is 0.187 e. The van der Waals surface area contributed by atoms with Crippen molar-refractivity contribution < 1.29 is 78.7 Å². The van der Waals surface area contributed by atoms with E-state index in [-0.39, 0.29) is 25.9 Å². The summed E-state index contributed by atoms with van der Waals surface area (Å²) in [5.74, 6) is 16.0. The van der Waals surface area contributed by atoms with E-state index in [0.29, 0.717) is 50.1 Å². The molecule has 0 amide bonds. The standard InChI is InChI=1S/C98H184O16/c1-67-21-13-29-75(9)83-45-41-79(57-83)33-17-25-71(5)49-53-107-64-87(61-99)109-55-51-73(7)27-19-35-81-43-47-85(59-81)77(11)31-15-23-69(3)39-37-68(2)22-14-30-76(10)84-46-42-80(58-84)34-18-26-72(6)50-54-108-65-88(110-56-52-74(8)28-20-36-82-44-48-86(60-82)78(12)32-16-24-70(4)40-38-67)66-111-97-95(106)93(104)96(90(63-101)113-97)114-98-94(105)92(103)91(102)89(62-100)112-98/h67-106H,13-66H2,1-12H3/t67?,68?,69?,70?,71?,72?,73?,74?,75?,76?,77?,78?,79?,80?,81?,82?,83?,84?,85?,86?,87-,88-,89+,90+,91+,92-,93+,94+,95+,96-,97+,98-/m0/s1. The molecule has 3 heterocycles. The van der Waals surface area contributed by atoms with Crippen LogP contribution in [0, 0.1) is 118 Å². The SMILES string of the molecule is CC1CCCC2CCC(C2)C(C)CCCC(C)CCC(C)CCCC(C)C2CCC(CCCC(C)CCO[C@H](CO[C@@H]3O[C@H](CO)[C@H](O[C@@H]4O[C@H](CO)[C@@H](O)[C@H](O)[C@H]4O)[C@H](O)[C@H]3O)COCCC(C)CCCC3CCC(C3)C(C)CCCC(C)CCC(C)CCCC(C)C3CCC(CCCC(C)CCO[C@@H](CO)COCC1)C3)C2. The summed E-state index contributed by atoms with van der Waals surface area (Å²) in [6.07, 6.45) is 42.6. The first-order chi connectivity index (χ1) is 54.9. The van der Waals surface area contributed by atoms with Crippen molar-refractivity contribution in [3.8, 4) is 0 Å². The zero-order valence-electron chi connectivity index (χ0n) is 75.5. The fourth-order valence-corrected chi connectivity index (χ4v) is 22.0. The van der Waals surface area contributed by atoms with E-state index in [2.05, 4.69) is 83.1 Å². The predicted molar refractivity (Wildman–Crippen MR) is 462 cm³/mol. The average Bonchev–Trinajstić information content (AvgIpc) is 1.19. The molecule has 16 heteroatoms. The lowest BCUT2D eigenvalue weighted by Crippen LogP contribution is -2.64. The molecule has 114 heavy (non-hydrogen) atoms. The maximum atomic E-state index is 11.4. The Labute approximate surface area is 698 Å². The zero-order chi connectivity index (χ0) is 82.3. The van der Waals surface area contributed by atoms with Crippen molar-refractivity contribution in [2.45, 2.75) is 439 Å². The van der Waals surface area contributed by atoms with Crippen LogP contribution in [0.1, 0.15) is 366 Å². The summed E-state index contributed by atoms with van der Waals surface area (Å²) in [6.45, 7) is 31.9. The Morgan fingerprint density at radius 2 is 0.579 bits per heavy atom. The normalized spacial score (nSPS) is 43.3. The van der Waals surface area contributed by atoms with Gasteiger partial charge in [-0.1, -0.05) is 289 Å². The van der Waals surface area contributed by atoms with Gasteiger partial charge in [-0.3, -0.25) is 0 Å². The van der Waals surface area contributed by atoms with Gasteiger partial charge in [-0.15, -0.1) is 0 Å². The molecule has 4 aliphatic carbocycles. The van der Waals surface area contributed by atoms with Crippen molar-refractivity contribution in [1.82, 2.24) is 0 Å². The quantitative estimate of drug-likeness (QED) is 0.113. The third-order valence-electron chi connectivity index (χ3n) is 31.2. The Kier molecular flexibility index (Phi) is 49.6. The molecule has 7 fully saturated rings. The zero-order valence-corrected chi connectivity index (χ0v) is 75.5. The minimum atomic E-state index is -1.75. The average molecular weight is 1620 g/mol. The number of fused-ring (bicyclic) bond motifs is 8. The van der Waals surface area contributed by atoms with Crippen LogP contribution >= 0.6 is 0 Å². The number of hydrogen-bond acceptors (Lipinski definition) is 16. The van der Waals surface area contributed by atoms with Crippen molar-refractivity contribution in [3.05, 3.63) is 0 Å². The highest BCUT2D eigenvalue weighted by molar-refractivity contribution is 4.95. The van der Waals surface area contributed by atoms with E-state index < -0.39 is 80.7 Å². The maximum Gasteiger partial charge on any atom is 0.187 e. The molecular formula is C98H184O16. The predicted octanol–water partition coefficient (Wildman–Crippen LogP) is 20.2. The van der Waals surface area contributed by atoms with Gasteiger partial charge in [0.15, 0.2) is 12.6 Å². The van der Waals surface area contributed by atoms with Crippen LogP contribution in [0.5, 0.6) is 0 Å². The van der Waals surface area contributed by atoms with Gasteiger partial charge in [0, 0.05) is 26.4 Å². The molecule has 8 N–H and O–H groups in total. The van der Waals surface area contributed by atoms with Crippen LogP contribution in [0.2, 0.25) is 0 Å². The molecule has 0 aromatic heterocycles. The fourth-order valence-electron chi connectivity index (χ4n) is 22.0. The highest BCUT2D eigenvalue weighted by Gasteiger charge is 2.51. The summed E-state index contributed by atoms with van der Waals surface area (Å²) >= 11 is 0. The summed E-state index contributed by atoms with van der Waals surface area (Å²) in [7, 11) is 0. The van der Waals surface area contributed by atoms with Gasteiger partial charge in [0.05, 0.1) is 39.6 Å². The van der Waals surface area contributed by atoms with E-state index in [9.17, 15) is 40.9 Å². The first-order valence-electron chi connectivity index (χ1n) is 49.1. The lowest BCUT2D eigenvalue weighted by molar-refractivity contribution is -0.360. The Balaban J connectivity index is 0.833. The highest BCUT2D eigenvalue weighted by atomic mass is 16.7. The largest absolute Gasteiger partial charge is 0.394 e. The third-order valence-corrected chi connectivity index (χ3v) is 31.2. The van der Waals surface area contributed by atoms with Gasteiger partial charge >= 0.3 is 0 Å². The first kappa shape index (κ1) is 100. The summed E-state index contributed by atoms with van der Waals surface area (Å²) in [5, 5.41) is 84.5. The third kappa shape index (κ3) is 37.4. The van der Waals surface area contributed by atoms with Gasteiger partial charge in [-0.2, -0.15) is 0 Å². The molecule has 0 spiro atoms. The van der Waals surface area contributed by atoms with Crippen molar-refractivity contribution in [2.24, 2.45) is 118 Å². The van der Waals surface area contributed by atoms with Crippen molar-refractivity contribution >= 4 is 0 Å². The van der Waals surface area contributed by atoms with E-state index in [4.69, 9.17) is 37.9 Å². The summed E-state index contributed by atoms with van der Waals surface area (Å²) in [6, 6.07) is 0. The molecular weight excluding hydrogens is 1430 g/mol.